The molecule has 10 nitrogen and oxygen atoms in total. The summed E-state index contributed by atoms with van der Waals surface area (Å²) in [5.41, 5.74) is 0.505. The van der Waals surface area contributed by atoms with Crippen LogP contribution in [0.3, 0.4) is 0 Å². The summed E-state index contributed by atoms with van der Waals surface area (Å²) >= 11 is 0. The lowest BCUT2D eigenvalue weighted by Crippen LogP contribution is -2.30. The molecule has 1 heterocycles. The fraction of sp³-hybridized carbons (Fsp3) is 0.304. The first-order valence-electron chi connectivity index (χ1n) is 10.8. The first kappa shape index (κ1) is 25.1. The lowest BCUT2D eigenvalue weighted by atomic mass is 10.2. The molecule has 0 saturated carbocycles. The highest BCUT2D eigenvalue weighted by atomic mass is 32.2. The number of carbonyl (C=O) groups excluding carboxylic acids is 2. The van der Waals surface area contributed by atoms with Crippen LogP contribution in [-0.2, 0) is 30.8 Å². The van der Waals surface area contributed by atoms with Crippen molar-refractivity contribution in [3.8, 4) is 0 Å². The predicted octanol–water partition coefficient (Wildman–Crippen LogP) is 2.07. The summed E-state index contributed by atoms with van der Waals surface area (Å²) in [6.07, 6.45) is 0.0674. The molecule has 1 amide bonds. The summed E-state index contributed by atoms with van der Waals surface area (Å²) in [6, 6.07) is 12.7. The van der Waals surface area contributed by atoms with Crippen LogP contribution in [0.25, 0.3) is 10.9 Å². The van der Waals surface area contributed by atoms with E-state index in [4.69, 9.17) is 4.74 Å². The van der Waals surface area contributed by atoms with E-state index in [0.717, 1.165) is 0 Å². The number of aromatic amines is 1. The van der Waals surface area contributed by atoms with E-state index in [9.17, 15) is 22.8 Å². The third-order valence-corrected chi connectivity index (χ3v) is 7.10. The van der Waals surface area contributed by atoms with E-state index in [1.165, 1.54) is 22.5 Å². The van der Waals surface area contributed by atoms with Crippen molar-refractivity contribution in [3.63, 3.8) is 0 Å². The Bertz CT molecular complexity index is 1350. The average molecular weight is 487 g/mol. The van der Waals surface area contributed by atoms with Crippen LogP contribution in [-0.4, -0.2) is 54.3 Å². The van der Waals surface area contributed by atoms with E-state index in [2.05, 4.69) is 15.3 Å². The molecule has 0 aliphatic heterocycles. The van der Waals surface area contributed by atoms with Gasteiger partial charge in [-0.2, -0.15) is 4.31 Å². The standard InChI is InChI=1S/C23H26N4O6S/c1-3-27(4-2)34(31,32)17-9-7-8-16(14-17)24-21(28)15-33-22(29)13-12-20-25-19-11-6-5-10-18(19)23(30)26-20/h5-11,14H,3-4,12-13,15H2,1-2H3,(H,24,28)(H,25,26,30). The summed E-state index contributed by atoms with van der Waals surface area (Å²) in [6.45, 7) is 3.61. The topological polar surface area (TPSA) is 139 Å². The number of amides is 1. The van der Waals surface area contributed by atoms with Crippen molar-refractivity contribution in [1.29, 1.82) is 0 Å². The van der Waals surface area contributed by atoms with Gasteiger partial charge in [-0.1, -0.05) is 32.0 Å². The van der Waals surface area contributed by atoms with Crippen molar-refractivity contribution in [2.75, 3.05) is 25.0 Å². The predicted molar refractivity (Wildman–Crippen MR) is 127 cm³/mol. The number of aromatic nitrogens is 2. The van der Waals surface area contributed by atoms with Crippen molar-refractivity contribution in [3.05, 3.63) is 64.7 Å². The number of hydrogen-bond donors (Lipinski definition) is 2. The molecule has 3 aromatic rings. The van der Waals surface area contributed by atoms with Crippen LogP contribution < -0.4 is 10.9 Å². The van der Waals surface area contributed by atoms with Gasteiger partial charge in [0.2, 0.25) is 10.0 Å². The minimum Gasteiger partial charge on any atom is -0.456 e. The van der Waals surface area contributed by atoms with E-state index in [0.29, 0.717) is 29.8 Å². The number of H-pyrrole nitrogens is 1. The Morgan fingerprint density at radius 1 is 1.09 bits per heavy atom. The van der Waals surface area contributed by atoms with Gasteiger partial charge in [-0.05, 0) is 30.3 Å². The molecule has 34 heavy (non-hydrogen) atoms. The summed E-state index contributed by atoms with van der Waals surface area (Å²) in [4.78, 5) is 43.3. The third kappa shape index (κ3) is 6.06. The van der Waals surface area contributed by atoms with Gasteiger partial charge in [-0.15, -0.1) is 0 Å². The molecule has 0 spiro atoms. The van der Waals surface area contributed by atoms with Crippen molar-refractivity contribution < 1.29 is 22.7 Å². The highest BCUT2D eigenvalue weighted by molar-refractivity contribution is 7.89. The van der Waals surface area contributed by atoms with E-state index in [1.54, 1.807) is 44.2 Å². The van der Waals surface area contributed by atoms with Crippen LogP contribution in [0.4, 0.5) is 5.69 Å². The van der Waals surface area contributed by atoms with Crippen LogP contribution >= 0.6 is 0 Å². The largest absolute Gasteiger partial charge is 0.456 e. The highest BCUT2D eigenvalue weighted by Gasteiger charge is 2.22. The molecule has 0 unspecified atom stereocenters. The highest BCUT2D eigenvalue weighted by Crippen LogP contribution is 2.19. The maximum absolute atomic E-state index is 12.6. The monoisotopic (exact) mass is 486 g/mol. The normalized spacial score (nSPS) is 11.5. The molecule has 0 aliphatic rings. The Kier molecular flexibility index (Phi) is 8.13. The van der Waals surface area contributed by atoms with E-state index < -0.39 is 28.5 Å². The smallest absolute Gasteiger partial charge is 0.306 e. The zero-order chi connectivity index (χ0) is 24.7. The van der Waals surface area contributed by atoms with Crippen LogP contribution in [0.1, 0.15) is 26.1 Å². The second-order valence-corrected chi connectivity index (χ2v) is 9.29. The fourth-order valence-electron chi connectivity index (χ4n) is 3.34. The van der Waals surface area contributed by atoms with Gasteiger partial charge in [0.05, 0.1) is 22.2 Å². The van der Waals surface area contributed by atoms with Crippen molar-refractivity contribution in [2.24, 2.45) is 0 Å². The number of anilines is 1. The summed E-state index contributed by atoms with van der Waals surface area (Å²) in [5.74, 6) is -0.900. The molecular formula is C23H26N4O6S. The van der Waals surface area contributed by atoms with Gasteiger partial charge in [-0.25, -0.2) is 13.4 Å². The number of rotatable bonds is 10. The van der Waals surface area contributed by atoms with Gasteiger partial charge in [0.1, 0.15) is 5.82 Å². The molecule has 11 heteroatoms. The molecule has 3 rings (SSSR count). The molecule has 0 bridgehead atoms. The van der Waals surface area contributed by atoms with Crippen LogP contribution in [0.2, 0.25) is 0 Å². The first-order chi connectivity index (χ1) is 16.2. The number of hydrogen-bond acceptors (Lipinski definition) is 7. The lowest BCUT2D eigenvalue weighted by molar-refractivity contribution is -0.147. The number of para-hydroxylation sites is 1. The number of aryl methyl sites for hydroxylation is 1. The Labute approximate surface area is 197 Å². The van der Waals surface area contributed by atoms with Crippen LogP contribution in [0.15, 0.2) is 58.2 Å². The maximum atomic E-state index is 12.6. The Morgan fingerprint density at radius 2 is 1.82 bits per heavy atom. The zero-order valence-electron chi connectivity index (χ0n) is 18.9. The maximum Gasteiger partial charge on any atom is 0.306 e. The Morgan fingerprint density at radius 3 is 2.56 bits per heavy atom. The lowest BCUT2D eigenvalue weighted by Gasteiger charge is -2.18. The summed E-state index contributed by atoms with van der Waals surface area (Å²) < 4.78 is 31.6. The van der Waals surface area contributed by atoms with Crippen LogP contribution in [0.5, 0.6) is 0 Å². The molecule has 0 fully saturated rings. The average Bonchev–Trinajstić information content (AvgIpc) is 2.82. The minimum absolute atomic E-state index is 0.0582. The van der Waals surface area contributed by atoms with Gasteiger partial charge in [0.15, 0.2) is 6.61 Å². The number of fused-ring (bicyclic) bond motifs is 1. The van der Waals surface area contributed by atoms with Gasteiger partial charge >= 0.3 is 5.97 Å². The van der Waals surface area contributed by atoms with Gasteiger partial charge in [0, 0.05) is 25.2 Å². The number of benzene rings is 2. The Balaban J connectivity index is 1.53. The molecule has 0 atom stereocenters. The molecule has 2 aromatic carbocycles. The quantitative estimate of drug-likeness (QED) is 0.418. The first-order valence-corrected chi connectivity index (χ1v) is 12.2. The van der Waals surface area contributed by atoms with Crippen LogP contribution in [0, 0.1) is 0 Å². The van der Waals surface area contributed by atoms with Crippen molar-refractivity contribution in [2.45, 2.75) is 31.6 Å². The summed E-state index contributed by atoms with van der Waals surface area (Å²) in [7, 11) is -3.67. The SMILES string of the molecule is CCN(CC)S(=O)(=O)c1cccc(NC(=O)COC(=O)CCc2nc3ccccc3c(=O)[nH]2)c1. The summed E-state index contributed by atoms with van der Waals surface area (Å²) in [5, 5.41) is 2.98. The molecule has 180 valence electrons. The number of nitrogens with one attached hydrogen (secondary N) is 2. The number of carbonyl (C=O) groups is 2. The van der Waals surface area contributed by atoms with Gasteiger partial charge in [-0.3, -0.25) is 14.4 Å². The molecule has 2 N–H and O–H groups in total. The zero-order valence-corrected chi connectivity index (χ0v) is 19.7. The molecule has 1 aromatic heterocycles. The second-order valence-electron chi connectivity index (χ2n) is 7.36. The molecule has 0 saturated heterocycles. The fourth-order valence-corrected chi connectivity index (χ4v) is 4.84. The van der Waals surface area contributed by atoms with E-state index in [-0.39, 0.29) is 29.0 Å². The number of nitrogens with zero attached hydrogens (tertiary/aromatic N) is 2. The van der Waals surface area contributed by atoms with Gasteiger partial charge < -0.3 is 15.0 Å². The van der Waals surface area contributed by atoms with E-state index >= 15 is 0 Å². The second kappa shape index (κ2) is 11.0. The minimum atomic E-state index is -3.67. The third-order valence-electron chi connectivity index (χ3n) is 5.05. The van der Waals surface area contributed by atoms with E-state index in [1.807, 2.05) is 0 Å². The molecule has 0 radical (unpaired) electrons. The van der Waals surface area contributed by atoms with Crippen molar-refractivity contribution in [1.82, 2.24) is 14.3 Å². The number of esters is 1. The molecular weight excluding hydrogens is 460 g/mol. The van der Waals surface area contributed by atoms with Gasteiger partial charge in [0.25, 0.3) is 11.5 Å². The molecule has 0 aliphatic carbocycles. The Hall–Kier alpha value is -3.57. The van der Waals surface area contributed by atoms with Crippen molar-refractivity contribution >= 4 is 38.5 Å². The number of sulfonamides is 1. The number of ether oxygens (including phenoxy) is 1.